The standard InChI is InChI=1S/C15H28O2/c1-3-16-14(2)17-13-9-8-12-15-10-6-4-5-7-11-15/h10,14H,3-9,11-13H2,1-2H3. The van der Waals surface area contributed by atoms with Gasteiger partial charge < -0.3 is 9.47 Å². The highest BCUT2D eigenvalue weighted by Gasteiger charge is 2.03. The molecule has 0 N–H and O–H groups in total. The first-order valence-electron chi connectivity index (χ1n) is 7.24. The maximum atomic E-state index is 5.55. The van der Waals surface area contributed by atoms with Gasteiger partial charge in [0.15, 0.2) is 6.29 Å². The molecular formula is C15H28O2. The minimum absolute atomic E-state index is 0.0444. The fourth-order valence-corrected chi connectivity index (χ4v) is 2.29. The molecule has 0 radical (unpaired) electrons. The van der Waals surface area contributed by atoms with E-state index >= 15 is 0 Å². The van der Waals surface area contributed by atoms with E-state index in [0.29, 0.717) is 0 Å². The van der Waals surface area contributed by atoms with Crippen molar-refractivity contribution in [3.63, 3.8) is 0 Å². The van der Waals surface area contributed by atoms with E-state index in [4.69, 9.17) is 9.47 Å². The third-order valence-electron chi connectivity index (χ3n) is 3.28. The van der Waals surface area contributed by atoms with E-state index in [9.17, 15) is 0 Å². The van der Waals surface area contributed by atoms with E-state index in [2.05, 4.69) is 6.08 Å². The van der Waals surface area contributed by atoms with Gasteiger partial charge in [0.1, 0.15) is 0 Å². The molecule has 2 heteroatoms. The van der Waals surface area contributed by atoms with E-state index < -0.39 is 0 Å². The van der Waals surface area contributed by atoms with Crippen LogP contribution in [0.4, 0.5) is 0 Å². The number of unbranched alkanes of at least 4 members (excludes halogenated alkanes) is 1. The van der Waals surface area contributed by atoms with Crippen LogP contribution in [0.25, 0.3) is 0 Å². The third-order valence-corrected chi connectivity index (χ3v) is 3.28. The van der Waals surface area contributed by atoms with Crippen molar-refractivity contribution in [3.05, 3.63) is 11.6 Å². The normalized spacial score (nSPS) is 18.6. The molecule has 0 fully saturated rings. The molecule has 0 saturated heterocycles. The van der Waals surface area contributed by atoms with Gasteiger partial charge in [0.25, 0.3) is 0 Å². The van der Waals surface area contributed by atoms with E-state index in [1.807, 2.05) is 13.8 Å². The average Bonchev–Trinajstić information content (AvgIpc) is 2.57. The Morgan fingerprint density at radius 3 is 2.88 bits per heavy atom. The van der Waals surface area contributed by atoms with Gasteiger partial charge in [-0.2, -0.15) is 0 Å². The van der Waals surface area contributed by atoms with Gasteiger partial charge in [0, 0.05) is 13.2 Å². The van der Waals surface area contributed by atoms with Gasteiger partial charge in [-0.15, -0.1) is 0 Å². The molecule has 0 heterocycles. The molecule has 0 aromatic carbocycles. The number of ether oxygens (including phenoxy) is 2. The van der Waals surface area contributed by atoms with Crippen molar-refractivity contribution in [1.82, 2.24) is 0 Å². The number of hydrogen-bond donors (Lipinski definition) is 0. The Kier molecular flexibility index (Phi) is 8.37. The van der Waals surface area contributed by atoms with Crippen LogP contribution in [0, 0.1) is 0 Å². The summed E-state index contributed by atoms with van der Waals surface area (Å²) in [4.78, 5) is 0. The van der Waals surface area contributed by atoms with Gasteiger partial charge in [-0.25, -0.2) is 0 Å². The predicted octanol–water partition coefficient (Wildman–Crippen LogP) is 4.45. The summed E-state index contributed by atoms with van der Waals surface area (Å²) in [5.74, 6) is 0. The molecule has 2 nitrogen and oxygen atoms in total. The number of rotatable bonds is 8. The molecule has 0 bridgehead atoms. The first kappa shape index (κ1) is 14.7. The van der Waals surface area contributed by atoms with Gasteiger partial charge in [-0.3, -0.25) is 0 Å². The molecule has 0 aromatic heterocycles. The quantitative estimate of drug-likeness (QED) is 0.354. The van der Waals surface area contributed by atoms with Crippen LogP contribution in [0.1, 0.15) is 65.2 Å². The fourth-order valence-electron chi connectivity index (χ4n) is 2.29. The fraction of sp³-hybridized carbons (Fsp3) is 0.867. The Bertz CT molecular complexity index is 211. The van der Waals surface area contributed by atoms with Crippen LogP contribution < -0.4 is 0 Å². The lowest BCUT2D eigenvalue weighted by atomic mass is 10.0. The van der Waals surface area contributed by atoms with Gasteiger partial charge in [0.05, 0.1) is 0 Å². The molecule has 0 spiro atoms. The van der Waals surface area contributed by atoms with Crippen molar-refractivity contribution in [1.29, 1.82) is 0 Å². The Hall–Kier alpha value is -0.340. The van der Waals surface area contributed by atoms with Crippen molar-refractivity contribution in [2.45, 2.75) is 71.5 Å². The summed E-state index contributed by atoms with van der Waals surface area (Å²) in [5.41, 5.74) is 1.68. The van der Waals surface area contributed by atoms with Crippen LogP contribution in [0.3, 0.4) is 0 Å². The maximum Gasteiger partial charge on any atom is 0.154 e. The van der Waals surface area contributed by atoms with E-state index in [0.717, 1.165) is 19.6 Å². The Labute approximate surface area is 106 Å². The monoisotopic (exact) mass is 240 g/mol. The molecule has 1 aliphatic carbocycles. The summed E-state index contributed by atoms with van der Waals surface area (Å²) < 4.78 is 10.9. The summed E-state index contributed by atoms with van der Waals surface area (Å²) in [7, 11) is 0. The Morgan fingerprint density at radius 2 is 2.06 bits per heavy atom. The highest BCUT2D eigenvalue weighted by molar-refractivity contribution is 5.03. The summed E-state index contributed by atoms with van der Waals surface area (Å²) >= 11 is 0. The zero-order valence-electron chi connectivity index (χ0n) is 11.5. The van der Waals surface area contributed by atoms with Gasteiger partial charge in [0.2, 0.25) is 0 Å². The zero-order valence-corrected chi connectivity index (χ0v) is 11.5. The second kappa shape index (κ2) is 9.67. The van der Waals surface area contributed by atoms with Crippen molar-refractivity contribution >= 4 is 0 Å². The molecule has 0 amide bonds. The molecule has 100 valence electrons. The minimum Gasteiger partial charge on any atom is -0.353 e. The minimum atomic E-state index is -0.0444. The molecule has 1 atom stereocenters. The highest BCUT2D eigenvalue weighted by atomic mass is 16.7. The van der Waals surface area contributed by atoms with Crippen molar-refractivity contribution in [3.8, 4) is 0 Å². The molecular weight excluding hydrogens is 212 g/mol. The number of allylic oxidation sites excluding steroid dienone is 2. The van der Waals surface area contributed by atoms with Crippen molar-refractivity contribution in [2.24, 2.45) is 0 Å². The second-order valence-electron chi connectivity index (χ2n) is 4.81. The predicted molar refractivity (Wildman–Crippen MR) is 72.1 cm³/mol. The van der Waals surface area contributed by atoms with E-state index in [1.54, 1.807) is 5.57 Å². The lowest BCUT2D eigenvalue weighted by molar-refractivity contribution is -0.127. The smallest absolute Gasteiger partial charge is 0.154 e. The maximum absolute atomic E-state index is 5.55. The lowest BCUT2D eigenvalue weighted by Crippen LogP contribution is -2.13. The van der Waals surface area contributed by atoms with Crippen LogP contribution in [0.15, 0.2) is 11.6 Å². The summed E-state index contributed by atoms with van der Waals surface area (Å²) in [6.45, 7) is 5.53. The van der Waals surface area contributed by atoms with Gasteiger partial charge in [-0.1, -0.05) is 18.1 Å². The molecule has 0 aliphatic heterocycles. The summed E-state index contributed by atoms with van der Waals surface area (Å²) in [6, 6.07) is 0. The third kappa shape index (κ3) is 7.56. The molecule has 0 aromatic rings. The summed E-state index contributed by atoms with van der Waals surface area (Å²) in [5, 5.41) is 0. The van der Waals surface area contributed by atoms with E-state index in [-0.39, 0.29) is 6.29 Å². The van der Waals surface area contributed by atoms with Crippen LogP contribution in [-0.4, -0.2) is 19.5 Å². The van der Waals surface area contributed by atoms with Crippen LogP contribution >= 0.6 is 0 Å². The number of hydrogen-bond acceptors (Lipinski definition) is 2. The van der Waals surface area contributed by atoms with E-state index in [1.165, 1.54) is 44.9 Å². The lowest BCUT2D eigenvalue weighted by Gasteiger charge is -2.12. The zero-order chi connectivity index (χ0) is 12.3. The summed E-state index contributed by atoms with van der Waals surface area (Å²) in [6.07, 6.45) is 12.9. The average molecular weight is 240 g/mol. The molecule has 1 rings (SSSR count). The highest BCUT2D eigenvalue weighted by Crippen LogP contribution is 2.21. The topological polar surface area (TPSA) is 18.5 Å². The molecule has 0 saturated carbocycles. The van der Waals surface area contributed by atoms with Crippen molar-refractivity contribution in [2.75, 3.05) is 13.2 Å². The molecule has 1 unspecified atom stereocenters. The molecule has 17 heavy (non-hydrogen) atoms. The van der Waals surface area contributed by atoms with Gasteiger partial charge >= 0.3 is 0 Å². The van der Waals surface area contributed by atoms with Crippen LogP contribution in [-0.2, 0) is 9.47 Å². The SMILES string of the molecule is CCOC(C)OCCCCC1=CCCCCC1. The largest absolute Gasteiger partial charge is 0.353 e. The second-order valence-corrected chi connectivity index (χ2v) is 4.81. The first-order chi connectivity index (χ1) is 8.33. The Balaban J connectivity index is 1.98. The first-order valence-corrected chi connectivity index (χ1v) is 7.24. The van der Waals surface area contributed by atoms with Crippen LogP contribution in [0.2, 0.25) is 0 Å². The Morgan fingerprint density at radius 1 is 1.18 bits per heavy atom. The molecule has 1 aliphatic rings. The van der Waals surface area contributed by atoms with Crippen LogP contribution in [0.5, 0.6) is 0 Å². The van der Waals surface area contributed by atoms with Crippen molar-refractivity contribution < 1.29 is 9.47 Å². The van der Waals surface area contributed by atoms with Gasteiger partial charge in [-0.05, 0) is 58.8 Å².